The van der Waals surface area contributed by atoms with E-state index in [9.17, 15) is 0 Å². The van der Waals surface area contributed by atoms with Crippen LogP contribution in [0.15, 0.2) is 0 Å². The molecule has 0 aromatic heterocycles. The van der Waals surface area contributed by atoms with Crippen LogP contribution in [0.25, 0.3) is 0 Å². The molecule has 0 aromatic rings. The Morgan fingerprint density at radius 3 is 2.23 bits per heavy atom. The maximum atomic E-state index is 3.44. The lowest BCUT2D eigenvalue weighted by Crippen LogP contribution is -2.22. The Bertz CT molecular complexity index is 99.3. The summed E-state index contributed by atoms with van der Waals surface area (Å²) in [6.07, 6.45) is 5.52. The second-order valence-electron chi connectivity index (χ2n) is 4.41. The molecule has 0 aromatic carbocycles. The highest BCUT2D eigenvalue weighted by atomic mass is 14.8. The first-order chi connectivity index (χ1) is 6.20. The zero-order valence-corrected chi connectivity index (χ0v) is 9.90. The van der Waals surface area contributed by atoms with Gasteiger partial charge in [-0.3, -0.25) is 0 Å². The van der Waals surface area contributed by atoms with Crippen LogP contribution in [-0.2, 0) is 0 Å². The Kier molecular flexibility index (Phi) is 8.53. The molecule has 0 rings (SSSR count). The van der Waals surface area contributed by atoms with Crippen LogP contribution >= 0.6 is 0 Å². The van der Waals surface area contributed by atoms with Crippen LogP contribution in [0.5, 0.6) is 0 Å². The molecule has 1 atom stereocenters. The lowest BCUT2D eigenvalue weighted by Gasteiger charge is -2.15. The van der Waals surface area contributed by atoms with Crippen molar-refractivity contribution in [3.63, 3.8) is 0 Å². The molecular weight excluding hydrogens is 158 g/mol. The summed E-state index contributed by atoms with van der Waals surface area (Å²) in [5, 5.41) is 3.44. The SMILES string of the molecule is CCNCC(CC)CCCC(C)C. The monoisotopic (exact) mass is 185 g/mol. The Labute approximate surface area is 84.3 Å². The smallest absolute Gasteiger partial charge is 0.00207 e. The van der Waals surface area contributed by atoms with Crippen LogP contribution in [0.1, 0.15) is 53.4 Å². The molecular formula is C12H27N. The zero-order valence-electron chi connectivity index (χ0n) is 9.90. The Morgan fingerprint density at radius 2 is 1.77 bits per heavy atom. The third kappa shape index (κ3) is 8.29. The second-order valence-corrected chi connectivity index (χ2v) is 4.41. The normalized spacial score (nSPS) is 13.6. The third-order valence-corrected chi connectivity index (χ3v) is 2.65. The van der Waals surface area contributed by atoms with Gasteiger partial charge in [0.1, 0.15) is 0 Å². The molecule has 1 heteroatoms. The van der Waals surface area contributed by atoms with Crippen molar-refractivity contribution in [1.82, 2.24) is 5.32 Å². The molecule has 0 saturated heterocycles. The summed E-state index contributed by atoms with van der Waals surface area (Å²) in [7, 11) is 0. The largest absolute Gasteiger partial charge is 0.317 e. The summed E-state index contributed by atoms with van der Waals surface area (Å²) in [5.74, 6) is 1.77. The highest BCUT2D eigenvalue weighted by molar-refractivity contribution is 4.61. The summed E-state index contributed by atoms with van der Waals surface area (Å²) < 4.78 is 0. The van der Waals surface area contributed by atoms with Gasteiger partial charge in [-0.2, -0.15) is 0 Å². The van der Waals surface area contributed by atoms with Gasteiger partial charge in [-0.15, -0.1) is 0 Å². The molecule has 80 valence electrons. The van der Waals surface area contributed by atoms with E-state index < -0.39 is 0 Å². The standard InChI is InChI=1S/C12H27N/c1-5-12(10-13-6-2)9-7-8-11(3)4/h11-13H,5-10H2,1-4H3. The first-order valence-electron chi connectivity index (χ1n) is 5.91. The van der Waals surface area contributed by atoms with Gasteiger partial charge in [0.2, 0.25) is 0 Å². The molecule has 0 spiro atoms. The molecule has 0 amide bonds. The van der Waals surface area contributed by atoms with E-state index in [1.54, 1.807) is 0 Å². The van der Waals surface area contributed by atoms with E-state index in [4.69, 9.17) is 0 Å². The highest BCUT2D eigenvalue weighted by Crippen LogP contribution is 2.14. The number of hydrogen-bond donors (Lipinski definition) is 1. The molecule has 0 bridgehead atoms. The minimum atomic E-state index is 0.872. The summed E-state index contributed by atoms with van der Waals surface area (Å²) in [4.78, 5) is 0. The molecule has 1 unspecified atom stereocenters. The molecule has 0 saturated carbocycles. The number of hydrogen-bond acceptors (Lipinski definition) is 1. The van der Waals surface area contributed by atoms with Crippen molar-refractivity contribution < 1.29 is 0 Å². The van der Waals surface area contributed by atoms with Crippen LogP contribution in [0.2, 0.25) is 0 Å². The summed E-state index contributed by atoms with van der Waals surface area (Å²) in [6, 6.07) is 0. The fourth-order valence-corrected chi connectivity index (χ4v) is 1.61. The molecule has 0 heterocycles. The Balaban J connectivity index is 3.36. The average Bonchev–Trinajstić information content (AvgIpc) is 2.10. The summed E-state index contributed by atoms with van der Waals surface area (Å²) in [5.41, 5.74) is 0. The average molecular weight is 185 g/mol. The van der Waals surface area contributed by atoms with Crippen molar-refractivity contribution in [2.75, 3.05) is 13.1 Å². The van der Waals surface area contributed by atoms with Crippen molar-refractivity contribution >= 4 is 0 Å². The molecule has 0 fully saturated rings. The van der Waals surface area contributed by atoms with Crippen LogP contribution in [-0.4, -0.2) is 13.1 Å². The second kappa shape index (κ2) is 8.55. The molecule has 1 nitrogen and oxygen atoms in total. The van der Waals surface area contributed by atoms with Gasteiger partial charge in [-0.1, -0.05) is 47.0 Å². The van der Waals surface area contributed by atoms with Crippen molar-refractivity contribution in [2.24, 2.45) is 11.8 Å². The maximum absolute atomic E-state index is 3.44. The van der Waals surface area contributed by atoms with Crippen LogP contribution in [0, 0.1) is 11.8 Å². The summed E-state index contributed by atoms with van der Waals surface area (Å²) in [6.45, 7) is 11.4. The van der Waals surface area contributed by atoms with Crippen LogP contribution in [0.3, 0.4) is 0 Å². The molecule has 0 aliphatic carbocycles. The Hall–Kier alpha value is -0.0400. The first-order valence-corrected chi connectivity index (χ1v) is 5.91. The zero-order chi connectivity index (χ0) is 10.1. The van der Waals surface area contributed by atoms with E-state index in [1.807, 2.05) is 0 Å². The van der Waals surface area contributed by atoms with Gasteiger partial charge in [-0.05, 0) is 31.3 Å². The predicted molar refractivity (Wildman–Crippen MR) is 61.0 cm³/mol. The highest BCUT2D eigenvalue weighted by Gasteiger charge is 2.05. The van der Waals surface area contributed by atoms with Gasteiger partial charge in [0.15, 0.2) is 0 Å². The van der Waals surface area contributed by atoms with Crippen molar-refractivity contribution in [1.29, 1.82) is 0 Å². The van der Waals surface area contributed by atoms with E-state index in [2.05, 4.69) is 33.0 Å². The van der Waals surface area contributed by atoms with Gasteiger partial charge in [-0.25, -0.2) is 0 Å². The van der Waals surface area contributed by atoms with E-state index >= 15 is 0 Å². The fourth-order valence-electron chi connectivity index (χ4n) is 1.61. The van der Waals surface area contributed by atoms with Crippen molar-refractivity contribution in [3.8, 4) is 0 Å². The minimum absolute atomic E-state index is 0.872. The minimum Gasteiger partial charge on any atom is -0.317 e. The topological polar surface area (TPSA) is 12.0 Å². The maximum Gasteiger partial charge on any atom is -0.00207 e. The van der Waals surface area contributed by atoms with E-state index in [-0.39, 0.29) is 0 Å². The van der Waals surface area contributed by atoms with Crippen molar-refractivity contribution in [3.05, 3.63) is 0 Å². The van der Waals surface area contributed by atoms with Gasteiger partial charge in [0.05, 0.1) is 0 Å². The van der Waals surface area contributed by atoms with Crippen molar-refractivity contribution in [2.45, 2.75) is 53.4 Å². The summed E-state index contributed by atoms with van der Waals surface area (Å²) >= 11 is 0. The Morgan fingerprint density at radius 1 is 1.08 bits per heavy atom. The van der Waals surface area contributed by atoms with E-state index in [0.29, 0.717) is 0 Å². The first kappa shape index (κ1) is 13.0. The van der Waals surface area contributed by atoms with Crippen LogP contribution in [0.4, 0.5) is 0 Å². The van der Waals surface area contributed by atoms with E-state index in [0.717, 1.165) is 18.4 Å². The molecule has 0 aliphatic heterocycles. The van der Waals surface area contributed by atoms with Gasteiger partial charge < -0.3 is 5.32 Å². The van der Waals surface area contributed by atoms with E-state index in [1.165, 1.54) is 32.2 Å². The van der Waals surface area contributed by atoms with Gasteiger partial charge in [0.25, 0.3) is 0 Å². The fraction of sp³-hybridized carbons (Fsp3) is 1.00. The predicted octanol–water partition coefficient (Wildman–Crippen LogP) is 3.45. The number of rotatable bonds is 8. The lowest BCUT2D eigenvalue weighted by molar-refractivity contribution is 0.403. The molecule has 0 radical (unpaired) electrons. The van der Waals surface area contributed by atoms with Gasteiger partial charge in [0, 0.05) is 0 Å². The lowest BCUT2D eigenvalue weighted by atomic mass is 9.96. The van der Waals surface area contributed by atoms with Gasteiger partial charge >= 0.3 is 0 Å². The quantitative estimate of drug-likeness (QED) is 0.611. The third-order valence-electron chi connectivity index (χ3n) is 2.65. The van der Waals surface area contributed by atoms with Crippen LogP contribution < -0.4 is 5.32 Å². The number of nitrogens with one attached hydrogen (secondary N) is 1. The molecule has 1 N–H and O–H groups in total. The molecule has 0 aliphatic rings. The molecule has 13 heavy (non-hydrogen) atoms.